The Morgan fingerprint density at radius 2 is 2.04 bits per heavy atom. The molecule has 0 atom stereocenters. The summed E-state index contributed by atoms with van der Waals surface area (Å²) >= 11 is 0. The third kappa shape index (κ3) is 3.86. The molecule has 1 fully saturated rings. The average molecular weight is 310 g/mol. The Hall–Kier alpha value is -2.43. The van der Waals surface area contributed by atoms with Crippen LogP contribution in [0.2, 0.25) is 0 Å². The van der Waals surface area contributed by atoms with Crippen LogP contribution in [0.3, 0.4) is 0 Å². The Morgan fingerprint density at radius 1 is 1.26 bits per heavy atom. The third-order valence-electron chi connectivity index (χ3n) is 4.43. The predicted molar refractivity (Wildman–Crippen MR) is 90.5 cm³/mol. The molecule has 3 rings (SSSR count). The Morgan fingerprint density at radius 3 is 2.74 bits per heavy atom. The molecule has 1 saturated heterocycles. The van der Waals surface area contributed by atoms with Gasteiger partial charge in [-0.3, -0.25) is 9.78 Å². The molecule has 0 spiro atoms. The van der Waals surface area contributed by atoms with E-state index >= 15 is 0 Å². The van der Waals surface area contributed by atoms with E-state index in [-0.39, 0.29) is 5.91 Å². The van der Waals surface area contributed by atoms with Gasteiger partial charge < -0.3 is 10.2 Å². The fourth-order valence-electron chi connectivity index (χ4n) is 2.98. The maximum absolute atomic E-state index is 12.3. The minimum Gasteiger partial charge on any atom is -0.355 e. The molecule has 120 valence electrons. The number of aryl methyl sites for hydroxylation is 1. The molecule has 1 aliphatic rings. The second-order valence-electron chi connectivity index (χ2n) is 6.02. The molecule has 2 heterocycles. The minimum atomic E-state index is 0.0273. The van der Waals surface area contributed by atoms with E-state index < -0.39 is 0 Å². The number of hydrogen-bond acceptors (Lipinski definition) is 4. The van der Waals surface area contributed by atoms with Gasteiger partial charge in [0.2, 0.25) is 0 Å². The summed E-state index contributed by atoms with van der Waals surface area (Å²) in [5.74, 6) is 1.49. The number of anilines is 1. The van der Waals surface area contributed by atoms with Crippen molar-refractivity contribution in [2.45, 2.75) is 19.8 Å². The van der Waals surface area contributed by atoms with Crippen molar-refractivity contribution in [3.05, 3.63) is 54.0 Å². The summed E-state index contributed by atoms with van der Waals surface area (Å²) in [5.41, 5.74) is 1.78. The number of benzene rings is 1. The van der Waals surface area contributed by atoms with Crippen LogP contribution in [-0.2, 0) is 0 Å². The van der Waals surface area contributed by atoms with Crippen LogP contribution in [0.15, 0.2) is 42.9 Å². The van der Waals surface area contributed by atoms with Gasteiger partial charge in [-0.1, -0.05) is 18.2 Å². The van der Waals surface area contributed by atoms with E-state index in [0.29, 0.717) is 5.92 Å². The summed E-state index contributed by atoms with van der Waals surface area (Å²) < 4.78 is 0. The number of carbonyl (C=O) groups excluding carboxylic acids is 1. The monoisotopic (exact) mass is 310 g/mol. The van der Waals surface area contributed by atoms with Crippen molar-refractivity contribution in [3.8, 4) is 0 Å². The van der Waals surface area contributed by atoms with Crippen molar-refractivity contribution in [3.63, 3.8) is 0 Å². The number of amides is 1. The zero-order chi connectivity index (χ0) is 16.1. The van der Waals surface area contributed by atoms with Gasteiger partial charge in [-0.15, -0.1) is 0 Å². The van der Waals surface area contributed by atoms with Crippen molar-refractivity contribution in [1.82, 2.24) is 15.3 Å². The lowest BCUT2D eigenvalue weighted by Gasteiger charge is -2.32. The number of piperidine rings is 1. The van der Waals surface area contributed by atoms with Gasteiger partial charge in [0.1, 0.15) is 5.82 Å². The molecule has 0 saturated carbocycles. The van der Waals surface area contributed by atoms with Gasteiger partial charge in [-0.25, -0.2) is 4.98 Å². The van der Waals surface area contributed by atoms with E-state index in [2.05, 4.69) is 20.2 Å². The zero-order valence-electron chi connectivity index (χ0n) is 13.4. The summed E-state index contributed by atoms with van der Waals surface area (Å²) in [6.45, 7) is 4.63. The fraction of sp³-hybridized carbons (Fsp3) is 0.389. The highest BCUT2D eigenvalue weighted by Gasteiger charge is 2.21. The first-order valence-corrected chi connectivity index (χ1v) is 8.09. The van der Waals surface area contributed by atoms with Crippen LogP contribution in [0, 0.1) is 12.8 Å². The Kier molecular flexibility index (Phi) is 4.86. The maximum atomic E-state index is 12.3. The Balaban J connectivity index is 1.48. The standard InChI is InChI=1S/C18H22N4O/c1-14-4-2-3-5-16(14)18(23)21-12-15-6-10-22(11-7-15)17-13-19-8-9-20-17/h2-5,8-9,13,15H,6-7,10-12H2,1H3,(H,21,23). The van der Waals surface area contributed by atoms with Crippen LogP contribution in [0.1, 0.15) is 28.8 Å². The molecule has 0 aliphatic carbocycles. The van der Waals surface area contributed by atoms with Crippen molar-refractivity contribution in [1.29, 1.82) is 0 Å². The van der Waals surface area contributed by atoms with Gasteiger partial charge in [0.05, 0.1) is 6.20 Å². The molecule has 1 aromatic carbocycles. The Bertz CT molecular complexity index is 651. The van der Waals surface area contributed by atoms with Gasteiger partial charge >= 0.3 is 0 Å². The SMILES string of the molecule is Cc1ccccc1C(=O)NCC1CCN(c2cnccn2)CC1. The summed E-state index contributed by atoms with van der Waals surface area (Å²) in [5, 5.41) is 3.08. The third-order valence-corrected chi connectivity index (χ3v) is 4.43. The zero-order valence-corrected chi connectivity index (χ0v) is 13.4. The Labute approximate surface area is 136 Å². The molecular formula is C18H22N4O. The van der Waals surface area contributed by atoms with Crippen LogP contribution in [0.5, 0.6) is 0 Å². The number of carbonyl (C=O) groups is 1. The van der Waals surface area contributed by atoms with Gasteiger partial charge in [0, 0.05) is 37.6 Å². The summed E-state index contributed by atoms with van der Waals surface area (Å²) in [6.07, 6.45) is 7.34. The quantitative estimate of drug-likeness (QED) is 0.942. The molecule has 1 N–H and O–H groups in total. The van der Waals surface area contributed by atoms with Crippen LogP contribution in [0.25, 0.3) is 0 Å². The lowest BCUT2D eigenvalue weighted by Crippen LogP contribution is -2.39. The smallest absolute Gasteiger partial charge is 0.251 e. The summed E-state index contributed by atoms with van der Waals surface area (Å²) in [7, 11) is 0. The highest BCUT2D eigenvalue weighted by Crippen LogP contribution is 2.20. The van der Waals surface area contributed by atoms with Crippen LogP contribution < -0.4 is 10.2 Å². The topological polar surface area (TPSA) is 58.1 Å². The number of nitrogens with one attached hydrogen (secondary N) is 1. The van der Waals surface area contributed by atoms with E-state index in [1.54, 1.807) is 18.6 Å². The first-order valence-electron chi connectivity index (χ1n) is 8.09. The normalized spacial score (nSPS) is 15.4. The first-order chi connectivity index (χ1) is 11.2. The molecule has 23 heavy (non-hydrogen) atoms. The maximum Gasteiger partial charge on any atom is 0.251 e. The van der Waals surface area contributed by atoms with E-state index in [1.807, 2.05) is 31.2 Å². The predicted octanol–water partition coefficient (Wildman–Crippen LogP) is 2.43. The summed E-state index contributed by atoms with van der Waals surface area (Å²) in [4.78, 5) is 23.0. The van der Waals surface area contributed by atoms with Crippen molar-refractivity contribution >= 4 is 11.7 Å². The van der Waals surface area contributed by atoms with E-state index in [4.69, 9.17) is 0 Å². The highest BCUT2D eigenvalue weighted by atomic mass is 16.1. The molecule has 2 aromatic rings. The number of rotatable bonds is 4. The van der Waals surface area contributed by atoms with Gasteiger partial charge in [0.25, 0.3) is 5.91 Å². The second kappa shape index (κ2) is 7.22. The molecule has 1 amide bonds. The van der Waals surface area contributed by atoms with Gasteiger partial charge in [-0.2, -0.15) is 0 Å². The average Bonchev–Trinajstić information content (AvgIpc) is 2.61. The molecule has 1 aliphatic heterocycles. The van der Waals surface area contributed by atoms with Crippen LogP contribution in [0.4, 0.5) is 5.82 Å². The molecule has 0 radical (unpaired) electrons. The number of hydrogen-bond donors (Lipinski definition) is 1. The second-order valence-corrected chi connectivity index (χ2v) is 6.02. The van der Waals surface area contributed by atoms with Gasteiger partial charge in [0.15, 0.2) is 0 Å². The molecule has 1 aromatic heterocycles. The van der Waals surface area contributed by atoms with E-state index in [9.17, 15) is 4.79 Å². The molecule has 5 heteroatoms. The number of aromatic nitrogens is 2. The van der Waals surface area contributed by atoms with Crippen LogP contribution in [-0.4, -0.2) is 35.5 Å². The molecule has 5 nitrogen and oxygen atoms in total. The molecule has 0 bridgehead atoms. The van der Waals surface area contributed by atoms with Crippen LogP contribution >= 0.6 is 0 Å². The van der Waals surface area contributed by atoms with Crippen molar-refractivity contribution in [2.75, 3.05) is 24.5 Å². The lowest BCUT2D eigenvalue weighted by molar-refractivity contribution is 0.0944. The van der Waals surface area contributed by atoms with Crippen molar-refractivity contribution < 1.29 is 4.79 Å². The van der Waals surface area contributed by atoms with Gasteiger partial charge in [-0.05, 0) is 37.3 Å². The number of nitrogens with zero attached hydrogens (tertiary/aromatic N) is 3. The fourth-order valence-corrected chi connectivity index (χ4v) is 2.98. The van der Waals surface area contributed by atoms with Crippen molar-refractivity contribution in [2.24, 2.45) is 5.92 Å². The lowest BCUT2D eigenvalue weighted by atomic mass is 9.96. The highest BCUT2D eigenvalue weighted by molar-refractivity contribution is 5.95. The van der Waals surface area contributed by atoms with E-state index in [1.165, 1.54) is 0 Å². The van der Waals surface area contributed by atoms with E-state index in [0.717, 1.165) is 49.4 Å². The summed E-state index contributed by atoms with van der Waals surface area (Å²) in [6, 6.07) is 7.70. The molecule has 0 unspecified atom stereocenters. The molecular weight excluding hydrogens is 288 g/mol. The largest absolute Gasteiger partial charge is 0.355 e. The minimum absolute atomic E-state index is 0.0273. The first kappa shape index (κ1) is 15.5.